The van der Waals surface area contributed by atoms with Crippen LogP contribution < -0.4 is 10.1 Å². The molecule has 1 unspecified atom stereocenters. The molecule has 1 aromatic carbocycles. The van der Waals surface area contributed by atoms with Gasteiger partial charge in [-0.15, -0.1) is 0 Å². The Bertz CT molecular complexity index is 477. The summed E-state index contributed by atoms with van der Waals surface area (Å²) in [5.74, 6) is -0.186. The fourth-order valence-corrected chi connectivity index (χ4v) is 3.03. The van der Waals surface area contributed by atoms with Gasteiger partial charge in [0.25, 0.3) is 0 Å². The second-order valence-electron chi connectivity index (χ2n) is 5.37. The normalized spacial score (nSPS) is 19.5. The van der Waals surface area contributed by atoms with Crippen LogP contribution in [0.25, 0.3) is 0 Å². The number of anilines is 1. The van der Waals surface area contributed by atoms with Crippen LogP contribution in [-0.2, 0) is 0 Å². The highest BCUT2D eigenvalue weighted by Crippen LogP contribution is 2.37. The third kappa shape index (κ3) is 4.34. The summed E-state index contributed by atoms with van der Waals surface area (Å²) >= 11 is 11.9. The van der Waals surface area contributed by atoms with E-state index in [0.29, 0.717) is 17.8 Å². The molecule has 1 saturated heterocycles. The molecule has 0 bridgehead atoms. The molecule has 0 saturated carbocycles. The molecule has 118 valence electrons. The van der Waals surface area contributed by atoms with E-state index in [1.807, 2.05) is 0 Å². The van der Waals surface area contributed by atoms with Crippen LogP contribution in [0.2, 0.25) is 10.0 Å². The predicted octanol–water partition coefficient (Wildman–Crippen LogP) is 4.49. The van der Waals surface area contributed by atoms with Crippen molar-refractivity contribution in [1.82, 2.24) is 4.90 Å². The number of hydrogen-bond acceptors (Lipinski definition) is 3. The monoisotopic (exact) mass is 338 g/mol. The van der Waals surface area contributed by atoms with Gasteiger partial charge in [-0.25, -0.2) is 0 Å². The van der Waals surface area contributed by atoms with E-state index in [9.17, 15) is 8.78 Å². The first-order chi connectivity index (χ1) is 9.86. The number of halogens is 4. The summed E-state index contributed by atoms with van der Waals surface area (Å²) in [6.07, 6.45) is 1.02. The van der Waals surface area contributed by atoms with Gasteiger partial charge < -0.3 is 10.1 Å². The number of nitrogens with one attached hydrogen (secondary N) is 1. The van der Waals surface area contributed by atoms with Gasteiger partial charge in [-0.05, 0) is 32.4 Å². The molecule has 1 heterocycles. The SMILES string of the molecule is CC(C)N1CCC(Nc2cc(Cl)c(OC(F)F)c(Cl)c2)C1. The Morgan fingerprint density at radius 3 is 2.38 bits per heavy atom. The van der Waals surface area contributed by atoms with Crippen molar-refractivity contribution >= 4 is 28.9 Å². The maximum absolute atomic E-state index is 12.3. The van der Waals surface area contributed by atoms with Crippen molar-refractivity contribution in [3.05, 3.63) is 22.2 Å². The van der Waals surface area contributed by atoms with Gasteiger partial charge in [0, 0.05) is 30.9 Å². The molecule has 0 spiro atoms. The molecule has 1 aliphatic rings. The fraction of sp³-hybridized carbons (Fsp3) is 0.571. The second kappa shape index (κ2) is 6.99. The minimum Gasteiger partial charge on any atom is -0.432 e. The molecule has 2 rings (SSSR count). The molecule has 0 amide bonds. The van der Waals surface area contributed by atoms with E-state index >= 15 is 0 Å². The van der Waals surface area contributed by atoms with E-state index in [1.165, 1.54) is 0 Å². The van der Waals surface area contributed by atoms with Gasteiger partial charge in [0.1, 0.15) is 0 Å². The lowest BCUT2D eigenvalue weighted by Gasteiger charge is -2.21. The second-order valence-corrected chi connectivity index (χ2v) is 6.18. The Morgan fingerprint density at radius 1 is 1.29 bits per heavy atom. The third-order valence-corrected chi connectivity index (χ3v) is 4.09. The Kier molecular flexibility index (Phi) is 5.52. The number of benzene rings is 1. The molecule has 1 fully saturated rings. The molecule has 1 atom stereocenters. The lowest BCUT2D eigenvalue weighted by Crippen LogP contribution is -2.31. The van der Waals surface area contributed by atoms with Crippen LogP contribution in [0.4, 0.5) is 14.5 Å². The van der Waals surface area contributed by atoms with E-state index in [0.717, 1.165) is 19.5 Å². The van der Waals surface area contributed by atoms with E-state index in [-0.39, 0.29) is 15.8 Å². The largest absolute Gasteiger partial charge is 0.432 e. The molecule has 0 radical (unpaired) electrons. The zero-order valence-electron chi connectivity index (χ0n) is 11.9. The van der Waals surface area contributed by atoms with Crippen molar-refractivity contribution in [1.29, 1.82) is 0 Å². The molecule has 7 heteroatoms. The quantitative estimate of drug-likeness (QED) is 0.855. The summed E-state index contributed by atoms with van der Waals surface area (Å²) in [4.78, 5) is 2.37. The Hall–Kier alpha value is -0.780. The summed E-state index contributed by atoms with van der Waals surface area (Å²) in [7, 11) is 0. The van der Waals surface area contributed by atoms with Crippen LogP contribution in [0.1, 0.15) is 20.3 Å². The first kappa shape index (κ1) is 16.6. The maximum atomic E-state index is 12.3. The Balaban J connectivity index is 2.05. The number of nitrogens with zero attached hydrogens (tertiary/aromatic N) is 1. The van der Waals surface area contributed by atoms with Gasteiger partial charge >= 0.3 is 6.61 Å². The lowest BCUT2D eigenvalue weighted by molar-refractivity contribution is -0.0497. The maximum Gasteiger partial charge on any atom is 0.387 e. The van der Waals surface area contributed by atoms with Gasteiger partial charge in [0.2, 0.25) is 0 Å². The summed E-state index contributed by atoms with van der Waals surface area (Å²) in [6, 6.07) is 3.92. The standard InChI is InChI=1S/C14H18Cl2F2N2O/c1-8(2)20-4-3-9(7-20)19-10-5-11(15)13(12(16)6-10)21-14(17)18/h5-6,8-9,14,19H,3-4,7H2,1-2H3. The molecular weight excluding hydrogens is 321 g/mol. The van der Waals surface area contributed by atoms with Gasteiger partial charge in [-0.3, -0.25) is 4.90 Å². The average molecular weight is 339 g/mol. The van der Waals surface area contributed by atoms with E-state index < -0.39 is 6.61 Å². The minimum atomic E-state index is -2.95. The van der Waals surface area contributed by atoms with Crippen molar-refractivity contribution in [2.45, 2.75) is 39.0 Å². The minimum absolute atomic E-state index is 0.0732. The van der Waals surface area contributed by atoms with Crippen LogP contribution in [0.5, 0.6) is 5.75 Å². The fourth-order valence-electron chi connectivity index (χ4n) is 2.45. The van der Waals surface area contributed by atoms with Gasteiger partial charge in [-0.2, -0.15) is 8.78 Å². The van der Waals surface area contributed by atoms with Crippen LogP contribution in [0.3, 0.4) is 0 Å². The molecule has 0 aromatic heterocycles. The molecular formula is C14H18Cl2F2N2O. The number of ether oxygens (including phenoxy) is 1. The van der Waals surface area contributed by atoms with Crippen molar-refractivity contribution in [2.75, 3.05) is 18.4 Å². The number of likely N-dealkylation sites (tertiary alicyclic amines) is 1. The zero-order valence-corrected chi connectivity index (χ0v) is 13.4. The Labute approximate surface area is 133 Å². The van der Waals surface area contributed by atoms with Gasteiger partial charge in [-0.1, -0.05) is 23.2 Å². The summed E-state index contributed by atoms with van der Waals surface area (Å²) in [6.45, 7) is 3.33. The van der Waals surface area contributed by atoms with Crippen molar-refractivity contribution in [3.63, 3.8) is 0 Å². The topological polar surface area (TPSA) is 24.5 Å². The Morgan fingerprint density at radius 2 is 1.90 bits per heavy atom. The molecule has 3 nitrogen and oxygen atoms in total. The number of rotatable bonds is 5. The smallest absolute Gasteiger partial charge is 0.387 e. The van der Waals surface area contributed by atoms with Gasteiger partial charge in [0.05, 0.1) is 10.0 Å². The molecule has 21 heavy (non-hydrogen) atoms. The predicted molar refractivity (Wildman–Crippen MR) is 81.8 cm³/mol. The van der Waals surface area contributed by atoms with Crippen molar-refractivity contribution < 1.29 is 13.5 Å². The first-order valence-corrected chi connectivity index (χ1v) is 7.57. The zero-order chi connectivity index (χ0) is 15.6. The third-order valence-electron chi connectivity index (χ3n) is 3.53. The van der Waals surface area contributed by atoms with E-state index in [4.69, 9.17) is 23.2 Å². The van der Waals surface area contributed by atoms with Crippen LogP contribution in [0, 0.1) is 0 Å². The average Bonchev–Trinajstić information content (AvgIpc) is 2.82. The van der Waals surface area contributed by atoms with Crippen molar-refractivity contribution in [3.8, 4) is 5.75 Å². The molecule has 1 aliphatic heterocycles. The highest BCUT2D eigenvalue weighted by molar-refractivity contribution is 6.37. The summed E-state index contributed by atoms with van der Waals surface area (Å²) in [5.41, 5.74) is 0.710. The highest BCUT2D eigenvalue weighted by Gasteiger charge is 2.24. The molecule has 1 aromatic rings. The lowest BCUT2D eigenvalue weighted by atomic mass is 10.2. The summed E-state index contributed by atoms with van der Waals surface area (Å²) in [5, 5.41) is 3.48. The van der Waals surface area contributed by atoms with Crippen LogP contribution in [0.15, 0.2) is 12.1 Å². The number of alkyl halides is 2. The van der Waals surface area contributed by atoms with Crippen molar-refractivity contribution in [2.24, 2.45) is 0 Å². The summed E-state index contributed by atoms with van der Waals surface area (Å²) < 4.78 is 28.8. The van der Waals surface area contributed by atoms with Crippen LogP contribution >= 0.6 is 23.2 Å². The van der Waals surface area contributed by atoms with E-state index in [1.54, 1.807) is 12.1 Å². The van der Waals surface area contributed by atoms with E-state index in [2.05, 4.69) is 28.8 Å². The highest BCUT2D eigenvalue weighted by atomic mass is 35.5. The number of hydrogen-bond donors (Lipinski definition) is 1. The molecule has 1 N–H and O–H groups in total. The first-order valence-electron chi connectivity index (χ1n) is 6.81. The van der Waals surface area contributed by atoms with Gasteiger partial charge in [0.15, 0.2) is 5.75 Å². The van der Waals surface area contributed by atoms with Crippen LogP contribution in [-0.4, -0.2) is 36.7 Å². The molecule has 0 aliphatic carbocycles.